The average Bonchev–Trinajstić information content (AvgIpc) is 2.75. The van der Waals surface area contributed by atoms with Crippen LogP contribution in [0.25, 0.3) is 0 Å². The lowest BCUT2D eigenvalue weighted by molar-refractivity contribution is 0.0572. The summed E-state index contributed by atoms with van der Waals surface area (Å²) in [7, 11) is 1.69. The summed E-state index contributed by atoms with van der Waals surface area (Å²) < 4.78 is 4.99. The second kappa shape index (κ2) is 7.04. The number of methoxy groups -OCH3 is 1. The molecular weight excluding hydrogens is 256 g/mol. The van der Waals surface area contributed by atoms with E-state index in [9.17, 15) is 10.2 Å². The third-order valence-electron chi connectivity index (χ3n) is 3.67. The SMILES string of the molecule is COCCNCc1ccc(N2CC(O)C(O)C2)c(C)c1. The predicted octanol–water partition coefficient (Wildman–Crippen LogP) is 0.273. The van der Waals surface area contributed by atoms with Crippen molar-refractivity contribution in [3.05, 3.63) is 29.3 Å². The van der Waals surface area contributed by atoms with Crippen LogP contribution in [0.5, 0.6) is 0 Å². The number of nitrogens with zero attached hydrogens (tertiary/aromatic N) is 1. The zero-order valence-electron chi connectivity index (χ0n) is 12.2. The van der Waals surface area contributed by atoms with E-state index >= 15 is 0 Å². The van der Waals surface area contributed by atoms with Crippen LogP contribution in [-0.2, 0) is 11.3 Å². The second-order valence-electron chi connectivity index (χ2n) is 5.33. The van der Waals surface area contributed by atoms with E-state index in [-0.39, 0.29) is 0 Å². The van der Waals surface area contributed by atoms with Crippen molar-refractivity contribution in [2.75, 3.05) is 38.3 Å². The molecule has 20 heavy (non-hydrogen) atoms. The van der Waals surface area contributed by atoms with E-state index < -0.39 is 12.2 Å². The van der Waals surface area contributed by atoms with Crippen LogP contribution in [0.3, 0.4) is 0 Å². The molecule has 0 aliphatic carbocycles. The lowest BCUT2D eigenvalue weighted by atomic mass is 10.1. The zero-order chi connectivity index (χ0) is 14.5. The smallest absolute Gasteiger partial charge is 0.0990 e. The molecular formula is C15H24N2O3. The number of hydrogen-bond acceptors (Lipinski definition) is 5. The van der Waals surface area contributed by atoms with Crippen molar-refractivity contribution in [2.24, 2.45) is 0 Å². The van der Waals surface area contributed by atoms with Gasteiger partial charge in [-0.2, -0.15) is 0 Å². The van der Waals surface area contributed by atoms with E-state index in [1.165, 1.54) is 5.56 Å². The molecule has 0 radical (unpaired) electrons. The molecule has 0 bridgehead atoms. The number of anilines is 1. The highest BCUT2D eigenvalue weighted by Crippen LogP contribution is 2.25. The molecule has 1 aliphatic rings. The van der Waals surface area contributed by atoms with Crippen LogP contribution >= 0.6 is 0 Å². The van der Waals surface area contributed by atoms with Gasteiger partial charge in [-0.25, -0.2) is 0 Å². The molecule has 5 heteroatoms. The Labute approximate surface area is 120 Å². The molecule has 2 unspecified atom stereocenters. The molecule has 1 saturated heterocycles. The standard InChI is InChI=1S/C15H24N2O3/c1-11-7-12(8-16-5-6-20-2)3-4-13(11)17-9-14(18)15(19)10-17/h3-4,7,14-16,18-19H,5-6,8-10H2,1-2H3. The number of β-amino-alcohol motifs (C(OH)–C–C–N with tert-alkyl or cyclic N) is 2. The predicted molar refractivity (Wildman–Crippen MR) is 79.0 cm³/mol. The number of nitrogens with one attached hydrogen (secondary N) is 1. The Morgan fingerprint density at radius 3 is 2.60 bits per heavy atom. The molecule has 0 amide bonds. The maximum atomic E-state index is 9.63. The second-order valence-corrected chi connectivity index (χ2v) is 5.33. The Kier molecular flexibility index (Phi) is 5.37. The minimum atomic E-state index is -0.648. The molecule has 1 fully saturated rings. The number of hydrogen-bond donors (Lipinski definition) is 3. The summed E-state index contributed by atoms with van der Waals surface area (Å²) in [4.78, 5) is 2.03. The van der Waals surface area contributed by atoms with Gasteiger partial charge in [-0.15, -0.1) is 0 Å². The van der Waals surface area contributed by atoms with Crippen LogP contribution in [0.2, 0.25) is 0 Å². The van der Waals surface area contributed by atoms with Crippen LogP contribution in [0.15, 0.2) is 18.2 Å². The molecule has 1 aromatic rings. The molecule has 112 valence electrons. The number of benzene rings is 1. The van der Waals surface area contributed by atoms with E-state index in [2.05, 4.69) is 30.4 Å². The van der Waals surface area contributed by atoms with Gasteiger partial charge in [0.15, 0.2) is 0 Å². The summed E-state index contributed by atoms with van der Waals surface area (Å²) in [6, 6.07) is 6.29. The van der Waals surface area contributed by atoms with Crippen molar-refractivity contribution in [1.82, 2.24) is 5.32 Å². The van der Waals surface area contributed by atoms with E-state index in [1.54, 1.807) is 7.11 Å². The van der Waals surface area contributed by atoms with Gasteiger partial charge in [0.25, 0.3) is 0 Å². The third-order valence-corrected chi connectivity index (χ3v) is 3.67. The summed E-state index contributed by atoms with van der Waals surface area (Å²) in [6.45, 7) is 5.41. The summed E-state index contributed by atoms with van der Waals surface area (Å²) in [5.74, 6) is 0. The van der Waals surface area contributed by atoms with Crippen LogP contribution in [-0.4, -0.2) is 55.8 Å². The van der Waals surface area contributed by atoms with Gasteiger partial charge in [-0.05, 0) is 24.1 Å². The number of aryl methyl sites for hydroxylation is 1. The van der Waals surface area contributed by atoms with Crippen LogP contribution in [0.1, 0.15) is 11.1 Å². The van der Waals surface area contributed by atoms with Gasteiger partial charge in [0, 0.05) is 39.0 Å². The van der Waals surface area contributed by atoms with Gasteiger partial charge < -0.3 is 25.2 Å². The van der Waals surface area contributed by atoms with Crippen molar-refractivity contribution >= 4 is 5.69 Å². The lowest BCUT2D eigenvalue weighted by Gasteiger charge is -2.21. The van der Waals surface area contributed by atoms with Crippen LogP contribution in [0.4, 0.5) is 5.69 Å². The van der Waals surface area contributed by atoms with E-state index in [4.69, 9.17) is 4.74 Å². The quantitative estimate of drug-likeness (QED) is 0.653. The Morgan fingerprint density at radius 2 is 2.00 bits per heavy atom. The van der Waals surface area contributed by atoms with Crippen molar-refractivity contribution in [3.63, 3.8) is 0 Å². The first-order chi connectivity index (χ1) is 9.61. The number of aliphatic hydroxyl groups excluding tert-OH is 2. The maximum Gasteiger partial charge on any atom is 0.0990 e. The summed E-state index contributed by atoms with van der Waals surface area (Å²) >= 11 is 0. The maximum absolute atomic E-state index is 9.63. The lowest BCUT2D eigenvalue weighted by Crippen LogP contribution is -2.22. The molecule has 0 saturated carbocycles. The Hall–Kier alpha value is -1.14. The van der Waals surface area contributed by atoms with Crippen molar-refractivity contribution < 1.29 is 14.9 Å². The third kappa shape index (κ3) is 3.70. The fourth-order valence-electron chi connectivity index (χ4n) is 2.56. The Bertz CT molecular complexity index is 429. The first-order valence-electron chi connectivity index (χ1n) is 7.02. The molecule has 2 atom stereocenters. The first kappa shape index (κ1) is 15.3. The summed E-state index contributed by atoms with van der Waals surface area (Å²) in [5, 5.41) is 22.6. The molecule has 0 spiro atoms. The minimum absolute atomic E-state index is 0.493. The highest BCUT2D eigenvalue weighted by atomic mass is 16.5. The average molecular weight is 280 g/mol. The van der Waals surface area contributed by atoms with Gasteiger partial charge in [0.2, 0.25) is 0 Å². The zero-order valence-corrected chi connectivity index (χ0v) is 12.2. The fourth-order valence-corrected chi connectivity index (χ4v) is 2.56. The summed E-state index contributed by atoms with van der Waals surface area (Å²) in [5.41, 5.74) is 3.47. The first-order valence-corrected chi connectivity index (χ1v) is 7.02. The van der Waals surface area contributed by atoms with Gasteiger partial charge in [0.1, 0.15) is 0 Å². The molecule has 3 N–H and O–H groups in total. The monoisotopic (exact) mass is 280 g/mol. The summed E-state index contributed by atoms with van der Waals surface area (Å²) in [6.07, 6.45) is -1.30. The number of ether oxygens (including phenoxy) is 1. The topological polar surface area (TPSA) is 65.0 Å². The normalized spacial score (nSPS) is 22.5. The molecule has 2 rings (SSSR count). The van der Waals surface area contributed by atoms with Crippen molar-refractivity contribution in [3.8, 4) is 0 Å². The highest BCUT2D eigenvalue weighted by molar-refractivity contribution is 5.55. The fraction of sp³-hybridized carbons (Fsp3) is 0.600. The molecule has 1 aliphatic heterocycles. The Balaban J connectivity index is 1.96. The van der Waals surface area contributed by atoms with E-state index in [0.29, 0.717) is 19.7 Å². The highest BCUT2D eigenvalue weighted by Gasteiger charge is 2.30. The van der Waals surface area contributed by atoms with Crippen LogP contribution < -0.4 is 10.2 Å². The molecule has 1 heterocycles. The van der Waals surface area contributed by atoms with Crippen molar-refractivity contribution in [1.29, 1.82) is 0 Å². The van der Waals surface area contributed by atoms with Gasteiger partial charge in [0.05, 0.1) is 18.8 Å². The van der Waals surface area contributed by atoms with Crippen molar-refractivity contribution in [2.45, 2.75) is 25.7 Å². The minimum Gasteiger partial charge on any atom is -0.389 e. The van der Waals surface area contributed by atoms with Gasteiger partial charge in [-0.1, -0.05) is 12.1 Å². The largest absolute Gasteiger partial charge is 0.389 e. The Morgan fingerprint density at radius 1 is 1.30 bits per heavy atom. The molecule has 1 aromatic carbocycles. The number of aliphatic hydroxyl groups is 2. The van der Waals surface area contributed by atoms with Gasteiger partial charge in [-0.3, -0.25) is 0 Å². The van der Waals surface area contributed by atoms with E-state index in [1.807, 2.05) is 4.90 Å². The van der Waals surface area contributed by atoms with E-state index in [0.717, 1.165) is 24.3 Å². The molecule has 5 nitrogen and oxygen atoms in total. The number of rotatable bonds is 6. The molecule has 0 aromatic heterocycles. The van der Waals surface area contributed by atoms with Crippen LogP contribution in [0, 0.1) is 6.92 Å². The van der Waals surface area contributed by atoms with Gasteiger partial charge >= 0.3 is 0 Å².